The molecule has 1 N–H and O–H groups in total. The lowest BCUT2D eigenvalue weighted by molar-refractivity contribution is -0.127. The smallest absolute Gasteiger partial charge is 0.119 e. The van der Waals surface area contributed by atoms with Crippen LogP contribution in [0.2, 0.25) is 0 Å². The first-order valence-electron chi connectivity index (χ1n) is 11.1. The molecule has 0 aliphatic heterocycles. The van der Waals surface area contributed by atoms with Gasteiger partial charge in [0.1, 0.15) is 6.29 Å². The minimum Gasteiger partial charge on any atom is -0.393 e. The Labute approximate surface area is 154 Å². The van der Waals surface area contributed by atoms with E-state index < -0.39 is 0 Å². The zero-order valence-corrected chi connectivity index (χ0v) is 16.4. The molecule has 2 heteroatoms. The van der Waals surface area contributed by atoms with E-state index in [1.54, 1.807) is 0 Å². The molecule has 0 heterocycles. The number of hydrogen-bond acceptors (Lipinski definition) is 2. The van der Waals surface area contributed by atoms with Gasteiger partial charge in [-0.15, -0.1) is 0 Å². The maximum Gasteiger partial charge on any atom is 0.119 e. The third-order valence-corrected chi connectivity index (χ3v) is 9.71. The van der Waals surface area contributed by atoms with E-state index in [-0.39, 0.29) is 6.10 Å². The zero-order valence-electron chi connectivity index (χ0n) is 16.4. The summed E-state index contributed by atoms with van der Waals surface area (Å²) in [5.74, 6) is 4.40. The summed E-state index contributed by atoms with van der Waals surface area (Å²) in [4.78, 5) is 10.7. The summed E-state index contributed by atoms with van der Waals surface area (Å²) >= 11 is 0. The monoisotopic (exact) mass is 346 g/mol. The van der Waals surface area contributed by atoms with Gasteiger partial charge in [-0.1, -0.05) is 13.8 Å². The van der Waals surface area contributed by atoms with Gasteiger partial charge in [0.25, 0.3) is 0 Å². The van der Waals surface area contributed by atoms with Crippen LogP contribution in [0.25, 0.3) is 0 Å². The number of carbonyl (C=O) groups excluding carboxylic acids is 1. The van der Waals surface area contributed by atoms with E-state index in [9.17, 15) is 9.90 Å². The molecule has 4 fully saturated rings. The number of hydrogen-bond donors (Lipinski definition) is 1. The maximum atomic E-state index is 10.7. The van der Waals surface area contributed by atoms with Crippen LogP contribution in [0.5, 0.6) is 0 Å². The van der Waals surface area contributed by atoms with Crippen LogP contribution in [-0.4, -0.2) is 17.5 Å². The van der Waals surface area contributed by atoms with Crippen LogP contribution < -0.4 is 0 Å². The predicted molar refractivity (Wildman–Crippen MR) is 101 cm³/mol. The summed E-state index contributed by atoms with van der Waals surface area (Å²) in [6, 6.07) is 0. The molecular weight excluding hydrogens is 308 g/mol. The number of aliphatic hydroxyl groups excluding tert-OH is 1. The maximum absolute atomic E-state index is 10.7. The number of aliphatic hydroxyl groups is 1. The minimum atomic E-state index is -0.0304. The SMILES string of the molecule is CC12CCC3C(CCC4C[C@H](O)CCC43C)C1CCC2CCCC=O. The van der Waals surface area contributed by atoms with E-state index in [1.165, 1.54) is 51.4 Å². The Morgan fingerprint density at radius 3 is 2.52 bits per heavy atom. The molecule has 0 spiro atoms. The zero-order chi connectivity index (χ0) is 17.7. The summed E-state index contributed by atoms with van der Waals surface area (Å²) in [6.07, 6.45) is 16.0. The van der Waals surface area contributed by atoms with Gasteiger partial charge in [-0.2, -0.15) is 0 Å². The molecule has 4 aliphatic carbocycles. The highest BCUT2D eigenvalue weighted by atomic mass is 16.3. The Balaban J connectivity index is 1.51. The molecule has 4 rings (SSSR count). The summed E-state index contributed by atoms with van der Waals surface area (Å²) < 4.78 is 0. The van der Waals surface area contributed by atoms with Crippen LogP contribution in [-0.2, 0) is 4.79 Å². The summed E-state index contributed by atoms with van der Waals surface area (Å²) in [6.45, 7) is 5.19. The molecule has 0 aromatic rings. The van der Waals surface area contributed by atoms with E-state index in [4.69, 9.17) is 0 Å². The van der Waals surface area contributed by atoms with Crippen molar-refractivity contribution in [3.05, 3.63) is 0 Å². The highest BCUT2D eigenvalue weighted by Crippen LogP contribution is 2.67. The minimum absolute atomic E-state index is 0.0304. The van der Waals surface area contributed by atoms with Gasteiger partial charge in [-0.3, -0.25) is 0 Å². The molecule has 0 saturated heterocycles. The van der Waals surface area contributed by atoms with Crippen molar-refractivity contribution in [1.29, 1.82) is 0 Å². The lowest BCUT2D eigenvalue weighted by atomic mass is 9.44. The van der Waals surface area contributed by atoms with Crippen LogP contribution in [0.15, 0.2) is 0 Å². The Bertz CT molecular complexity index is 502. The molecule has 8 atom stereocenters. The number of unbranched alkanes of at least 4 members (excludes halogenated alkanes) is 1. The van der Waals surface area contributed by atoms with Crippen molar-refractivity contribution >= 4 is 6.29 Å². The molecule has 0 aromatic heterocycles. The molecule has 0 amide bonds. The second-order valence-electron chi connectivity index (χ2n) is 10.5. The van der Waals surface area contributed by atoms with Gasteiger partial charge in [-0.25, -0.2) is 0 Å². The largest absolute Gasteiger partial charge is 0.393 e. The molecule has 7 unspecified atom stereocenters. The normalized spacial score (nSPS) is 52.1. The quantitative estimate of drug-likeness (QED) is 0.548. The molecule has 0 radical (unpaired) electrons. The Hall–Kier alpha value is -0.370. The molecule has 2 nitrogen and oxygen atoms in total. The third kappa shape index (κ3) is 2.82. The summed E-state index contributed by atoms with van der Waals surface area (Å²) in [5, 5.41) is 10.2. The van der Waals surface area contributed by atoms with Gasteiger partial charge in [0, 0.05) is 6.42 Å². The Kier molecular flexibility index (Phi) is 4.80. The van der Waals surface area contributed by atoms with Crippen LogP contribution in [0.3, 0.4) is 0 Å². The van der Waals surface area contributed by atoms with E-state index in [2.05, 4.69) is 13.8 Å². The summed E-state index contributed by atoms with van der Waals surface area (Å²) in [7, 11) is 0. The highest BCUT2D eigenvalue weighted by molar-refractivity contribution is 5.48. The van der Waals surface area contributed by atoms with Gasteiger partial charge in [-0.05, 0) is 111 Å². The number of fused-ring (bicyclic) bond motifs is 5. The van der Waals surface area contributed by atoms with Crippen molar-refractivity contribution in [3.63, 3.8) is 0 Å². The Morgan fingerprint density at radius 2 is 1.72 bits per heavy atom. The molecule has 25 heavy (non-hydrogen) atoms. The first-order valence-corrected chi connectivity index (χ1v) is 11.1. The molecular formula is C23H38O2. The van der Waals surface area contributed by atoms with E-state index in [0.29, 0.717) is 10.8 Å². The van der Waals surface area contributed by atoms with E-state index in [0.717, 1.165) is 61.6 Å². The molecule has 4 aliphatic rings. The van der Waals surface area contributed by atoms with Crippen molar-refractivity contribution in [1.82, 2.24) is 0 Å². The predicted octanol–water partition coefficient (Wildman–Crippen LogP) is 5.38. The fourth-order valence-corrected chi connectivity index (χ4v) is 8.27. The van der Waals surface area contributed by atoms with Gasteiger partial charge < -0.3 is 9.90 Å². The molecule has 0 bridgehead atoms. The van der Waals surface area contributed by atoms with Crippen LogP contribution >= 0.6 is 0 Å². The van der Waals surface area contributed by atoms with Crippen molar-refractivity contribution in [2.45, 2.75) is 97.0 Å². The van der Waals surface area contributed by atoms with Gasteiger partial charge in [0.15, 0.2) is 0 Å². The number of carbonyl (C=O) groups is 1. The standard InChI is InChI=1S/C23H38O2/c1-22-13-11-21-19(20(22)9-7-16(22)5-3-4-14-24)8-6-17-15-18(25)10-12-23(17,21)2/h14,16-21,25H,3-13,15H2,1-2H3/t16?,17?,18-,19?,20?,21?,22?,23?/m1/s1. The second-order valence-corrected chi connectivity index (χ2v) is 10.5. The van der Waals surface area contributed by atoms with Gasteiger partial charge in [0.05, 0.1) is 6.10 Å². The highest BCUT2D eigenvalue weighted by Gasteiger charge is 2.59. The summed E-state index contributed by atoms with van der Waals surface area (Å²) in [5.41, 5.74) is 1.04. The molecule has 0 aromatic carbocycles. The third-order valence-electron chi connectivity index (χ3n) is 9.71. The second kappa shape index (κ2) is 6.66. The van der Waals surface area contributed by atoms with Crippen molar-refractivity contribution in [2.75, 3.05) is 0 Å². The topological polar surface area (TPSA) is 37.3 Å². The van der Waals surface area contributed by atoms with Crippen molar-refractivity contribution in [2.24, 2.45) is 40.4 Å². The van der Waals surface area contributed by atoms with Crippen LogP contribution in [0.1, 0.15) is 90.9 Å². The lowest BCUT2D eigenvalue weighted by Crippen LogP contribution is -2.53. The number of rotatable bonds is 4. The van der Waals surface area contributed by atoms with Gasteiger partial charge in [0.2, 0.25) is 0 Å². The van der Waals surface area contributed by atoms with Crippen molar-refractivity contribution in [3.8, 4) is 0 Å². The Morgan fingerprint density at radius 1 is 0.960 bits per heavy atom. The first-order chi connectivity index (χ1) is 12.0. The van der Waals surface area contributed by atoms with Crippen molar-refractivity contribution < 1.29 is 9.90 Å². The molecule has 142 valence electrons. The van der Waals surface area contributed by atoms with Gasteiger partial charge >= 0.3 is 0 Å². The average Bonchev–Trinajstić information content (AvgIpc) is 2.92. The first kappa shape index (κ1) is 18.0. The van der Waals surface area contributed by atoms with E-state index >= 15 is 0 Å². The fourth-order valence-electron chi connectivity index (χ4n) is 8.27. The van der Waals surface area contributed by atoms with Crippen LogP contribution in [0, 0.1) is 40.4 Å². The molecule has 4 saturated carbocycles. The lowest BCUT2D eigenvalue weighted by Gasteiger charge is -2.61. The average molecular weight is 347 g/mol. The number of aldehydes is 1. The fraction of sp³-hybridized carbons (Fsp3) is 0.957. The van der Waals surface area contributed by atoms with Crippen LogP contribution in [0.4, 0.5) is 0 Å². The van der Waals surface area contributed by atoms with E-state index in [1.807, 2.05) is 0 Å².